The summed E-state index contributed by atoms with van der Waals surface area (Å²) in [4.78, 5) is -0.0729. The number of hydrogen-bond donors (Lipinski definition) is 2. The summed E-state index contributed by atoms with van der Waals surface area (Å²) in [5, 5.41) is 9.89. The highest BCUT2D eigenvalue weighted by Crippen LogP contribution is 2.19. The van der Waals surface area contributed by atoms with Crippen LogP contribution in [0.1, 0.15) is 11.6 Å². The zero-order chi connectivity index (χ0) is 15.5. The monoisotopic (exact) mass is 329 g/mol. The van der Waals surface area contributed by atoms with Crippen LogP contribution in [0.25, 0.3) is 0 Å². The van der Waals surface area contributed by atoms with Crippen molar-refractivity contribution in [2.24, 2.45) is 0 Å². The van der Waals surface area contributed by atoms with Gasteiger partial charge < -0.3 is 5.11 Å². The van der Waals surface area contributed by atoms with Crippen LogP contribution in [0, 0.1) is 5.82 Å². The van der Waals surface area contributed by atoms with Gasteiger partial charge in [0.1, 0.15) is 5.82 Å². The van der Waals surface area contributed by atoms with E-state index in [2.05, 4.69) is 4.72 Å². The van der Waals surface area contributed by atoms with Gasteiger partial charge in [-0.25, -0.2) is 17.5 Å². The highest BCUT2D eigenvalue weighted by molar-refractivity contribution is 7.89. The Kier molecular flexibility index (Phi) is 4.95. The average Bonchev–Trinajstić information content (AvgIpc) is 2.46. The second-order valence-electron chi connectivity index (χ2n) is 4.36. The standard InChI is InChI=1S/C14H13ClFNO3S/c15-11-3-1-10(2-4-11)14(9-18)17-21(19,20)13-7-5-12(16)6-8-13/h1-8,14,17-18H,9H2. The van der Waals surface area contributed by atoms with Gasteiger partial charge in [-0.3, -0.25) is 0 Å². The third kappa shape index (κ3) is 4.01. The van der Waals surface area contributed by atoms with E-state index in [9.17, 15) is 17.9 Å². The lowest BCUT2D eigenvalue weighted by molar-refractivity contribution is 0.259. The minimum Gasteiger partial charge on any atom is -0.394 e. The van der Waals surface area contributed by atoms with E-state index in [0.717, 1.165) is 24.3 Å². The van der Waals surface area contributed by atoms with E-state index in [1.165, 1.54) is 0 Å². The molecule has 0 heterocycles. The average molecular weight is 330 g/mol. The van der Waals surface area contributed by atoms with E-state index < -0.39 is 28.5 Å². The molecule has 2 aromatic carbocycles. The smallest absolute Gasteiger partial charge is 0.241 e. The van der Waals surface area contributed by atoms with Gasteiger partial charge in [0, 0.05) is 5.02 Å². The fourth-order valence-corrected chi connectivity index (χ4v) is 3.12. The molecule has 0 aliphatic carbocycles. The Hall–Kier alpha value is -1.47. The molecule has 0 bridgehead atoms. The third-order valence-corrected chi connectivity index (χ3v) is 4.62. The quantitative estimate of drug-likeness (QED) is 0.885. The summed E-state index contributed by atoms with van der Waals surface area (Å²) in [6.07, 6.45) is 0. The minimum atomic E-state index is -3.86. The third-order valence-electron chi connectivity index (χ3n) is 2.88. The molecule has 4 nitrogen and oxygen atoms in total. The van der Waals surface area contributed by atoms with Crippen molar-refractivity contribution < 1.29 is 17.9 Å². The number of halogens is 2. The SMILES string of the molecule is O=S(=O)(NC(CO)c1ccc(Cl)cc1)c1ccc(F)cc1. The van der Waals surface area contributed by atoms with Crippen molar-refractivity contribution >= 4 is 21.6 Å². The van der Waals surface area contributed by atoms with E-state index in [4.69, 9.17) is 11.6 Å². The first-order valence-electron chi connectivity index (χ1n) is 6.06. The first-order chi connectivity index (χ1) is 9.92. The molecule has 7 heteroatoms. The Morgan fingerprint density at radius 2 is 1.67 bits per heavy atom. The molecule has 112 valence electrons. The van der Waals surface area contributed by atoms with E-state index >= 15 is 0 Å². The van der Waals surface area contributed by atoms with Crippen molar-refractivity contribution in [2.75, 3.05) is 6.61 Å². The van der Waals surface area contributed by atoms with E-state index in [-0.39, 0.29) is 4.90 Å². The van der Waals surface area contributed by atoms with Gasteiger partial charge in [0.2, 0.25) is 10.0 Å². The van der Waals surface area contributed by atoms with Crippen LogP contribution in [0.15, 0.2) is 53.4 Å². The number of hydrogen-bond acceptors (Lipinski definition) is 3. The highest BCUT2D eigenvalue weighted by atomic mass is 35.5. The van der Waals surface area contributed by atoms with Crippen LogP contribution in [0.4, 0.5) is 4.39 Å². The van der Waals surface area contributed by atoms with Gasteiger partial charge in [0.25, 0.3) is 0 Å². The molecule has 0 fully saturated rings. The normalized spacial score (nSPS) is 13.1. The Morgan fingerprint density at radius 3 is 2.19 bits per heavy atom. The number of aliphatic hydroxyl groups excluding tert-OH is 1. The molecule has 1 atom stereocenters. The van der Waals surface area contributed by atoms with Crippen LogP contribution in [-0.2, 0) is 10.0 Å². The van der Waals surface area contributed by atoms with Crippen LogP contribution >= 0.6 is 11.6 Å². The summed E-state index contributed by atoms with van der Waals surface area (Å²) >= 11 is 5.77. The fourth-order valence-electron chi connectivity index (χ4n) is 1.77. The summed E-state index contributed by atoms with van der Waals surface area (Å²) in [5.41, 5.74) is 0.576. The lowest BCUT2D eigenvalue weighted by Gasteiger charge is -2.17. The van der Waals surface area contributed by atoms with Crippen LogP contribution in [0.2, 0.25) is 5.02 Å². The van der Waals surface area contributed by atoms with Gasteiger partial charge in [-0.15, -0.1) is 0 Å². The first-order valence-corrected chi connectivity index (χ1v) is 7.93. The first kappa shape index (κ1) is 15.9. The molecule has 0 radical (unpaired) electrons. The Balaban J connectivity index is 2.24. The lowest BCUT2D eigenvalue weighted by atomic mass is 10.1. The predicted molar refractivity (Wildman–Crippen MR) is 78.0 cm³/mol. The molecular formula is C14H13ClFNO3S. The van der Waals surface area contributed by atoms with E-state index in [1.807, 2.05) is 0 Å². The number of nitrogens with one attached hydrogen (secondary N) is 1. The Labute approximate surface area is 127 Å². The van der Waals surface area contributed by atoms with Gasteiger partial charge in [0.05, 0.1) is 17.5 Å². The van der Waals surface area contributed by atoms with Crippen molar-refractivity contribution in [3.8, 4) is 0 Å². The Bertz CT molecular complexity index is 702. The zero-order valence-electron chi connectivity index (χ0n) is 10.8. The maximum Gasteiger partial charge on any atom is 0.241 e. The number of rotatable bonds is 5. The molecule has 0 aliphatic rings. The number of aliphatic hydroxyl groups is 1. The number of sulfonamides is 1. The van der Waals surface area contributed by atoms with Crippen molar-refractivity contribution in [3.05, 3.63) is 64.9 Å². The van der Waals surface area contributed by atoms with Crippen molar-refractivity contribution in [1.29, 1.82) is 0 Å². The topological polar surface area (TPSA) is 66.4 Å². The van der Waals surface area contributed by atoms with E-state index in [1.54, 1.807) is 24.3 Å². The Morgan fingerprint density at radius 1 is 1.10 bits per heavy atom. The molecule has 2 rings (SSSR count). The summed E-state index contributed by atoms with van der Waals surface area (Å²) in [6, 6.07) is 10.1. The maximum atomic E-state index is 12.8. The molecule has 0 saturated heterocycles. The van der Waals surface area contributed by atoms with Gasteiger partial charge in [-0.05, 0) is 42.0 Å². The molecule has 0 aromatic heterocycles. The van der Waals surface area contributed by atoms with Crippen LogP contribution < -0.4 is 4.72 Å². The minimum absolute atomic E-state index is 0.0729. The predicted octanol–water partition coefficient (Wildman–Crippen LogP) is 2.49. The zero-order valence-corrected chi connectivity index (χ0v) is 12.4. The lowest BCUT2D eigenvalue weighted by Crippen LogP contribution is -2.30. The second kappa shape index (κ2) is 6.53. The fraction of sp³-hybridized carbons (Fsp3) is 0.143. The summed E-state index contributed by atoms with van der Waals surface area (Å²) < 4.78 is 39.6. The highest BCUT2D eigenvalue weighted by Gasteiger charge is 2.20. The molecule has 0 saturated carbocycles. The molecule has 2 N–H and O–H groups in total. The molecule has 0 aliphatic heterocycles. The van der Waals surface area contributed by atoms with Crippen LogP contribution in [-0.4, -0.2) is 20.1 Å². The van der Waals surface area contributed by atoms with Crippen molar-refractivity contribution in [2.45, 2.75) is 10.9 Å². The molecule has 1 unspecified atom stereocenters. The molecular weight excluding hydrogens is 317 g/mol. The maximum absolute atomic E-state index is 12.8. The largest absolute Gasteiger partial charge is 0.394 e. The number of benzene rings is 2. The summed E-state index contributed by atoms with van der Waals surface area (Å²) in [7, 11) is -3.86. The van der Waals surface area contributed by atoms with Gasteiger partial charge >= 0.3 is 0 Å². The van der Waals surface area contributed by atoms with Crippen molar-refractivity contribution in [1.82, 2.24) is 4.72 Å². The second-order valence-corrected chi connectivity index (χ2v) is 6.51. The van der Waals surface area contributed by atoms with Crippen LogP contribution in [0.3, 0.4) is 0 Å². The van der Waals surface area contributed by atoms with Gasteiger partial charge in [0.15, 0.2) is 0 Å². The molecule has 21 heavy (non-hydrogen) atoms. The summed E-state index contributed by atoms with van der Waals surface area (Å²) in [6.45, 7) is -0.415. The molecule has 2 aromatic rings. The van der Waals surface area contributed by atoms with E-state index in [0.29, 0.717) is 10.6 Å². The molecule has 0 spiro atoms. The van der Waals surface area contributed by atoms with Gasteiger partial charge in [-0.2, -0.15) is 0 Å². The summed E-state index contributed by atoms with van der Waals surface area (Å²) in [5.74, 6) is -0.523. The van der Waals surface area contributed by atoms with Crippen LogP contribution in [0.5, 0.6) is 0 Å². The molecule has 0 amide bonds. The van der Waals surface area contributed by atoms with Crippen molar-refractivity contribution in [3.63, 3.8) is 0 Å². The van der Waals surface area contributed by atoms with Gasteiger partial charge in [-0.1, -0.05) is 23.7 Å².